The molecule has 1 aliphatic heterocycles. The van der Waals surface area contributed by atoms with Crippen LogP contribution < -0.4 is 0 Å². The van der Waals surface area contributed by atoms with Crippen LogP contribution in [0.4, 0.5) is 0 Å². The predicted octanol–water partition coefficient (Wildman–Crippen LogP) is 3.57. The lowest BCUT2D eigenvalue weighted by Crippen LogP contribution is -2.44. The average Bonchev–Trinajstić information content (AvgIpc) is 2.88. The topological polar surface area (TPSA) is 29.5 Å². The summed E-state index contributed by atoms with van der Waals surface area (Å²) in [7, 11) is 0. The molecule has 1 aromatic rings. The Morgan fingerprint density at radius 1 is 1.18 bits per heavy atom. The third-order valence-electron chi connectivity index (χ3n) is 4.50. The molecule has 0 radical (unpaired) electrons. The number of halogens is 1. The van der Waals surface area contributed by atoms with E-state index in [9.17, 15) is 5.11 Å². The molecule has 1 N–H and O–H groups in total. The van der Waals surface area contributed by atoms with Gasteiger partial charge in [-0.2, -0.15) is 0 Å². The van der Waals surface area contributed by atoms with E-state index in [-0.39, 0.29) is 5.41 Å². The molecule has 0 aromatic carbocycles. The normalized spacial score (nSPS) is 32.1. The number of aliphatic hydroxyl groups is 1. The molecule has 3 rings (SSSR count). The standard InChI is InChI=1S/C13H17ClO2S/c14-11-3-2-10(17-11)13(15)5-1-4-12(13)6-8-16-9-7-12/h2-3,15H,1,4-9H2. The molecule has 2 heterocycles. The van der Waals surface area contributed by atoms with Crippen molar-refractivity contribution >= 4 is 22.9 Å². The van der Waals surface area contributed by atoms with Crippen LogP contribution in [0.2, 0.25) is 4.34 Å². The highest BCUT2D eigenvalue weighted by molar-refractivity contribution is 7.16. The Labute approximate surface area is 111 Å². The molecule has 1 saturated carbocycles. The van der Waals surface area contributed by atoms with Crippen LogP contribution in [-0.4, -0.2) is 18.3 Å². The highest BCUT2D eigenvalue weighted by Crippen LogP contribution is 2.59. The first kappa shape index (κ1) is 12.0. The van der Waals surface area contributed by atoms with Crippen LogP contribution in [0.1, 0.15) is 37.0 Å². The fourth-order valence-electron chi connectivity index (χ4n) is 3.50. The van der Waals surface area contributed by atoms with Gasteiger partial charge in [0.25, 0.3) is 0 Å². The summed E-state index contributed by atoms with van der Waals surface area (Å²) in [6.07, 6.45) is 5.02. The summed E-state index contributed by atoms with van der Waals surface area (Å²) in [6.45, 7) is 1.56. The SMILES string of the molecule is OC1(c2ccc(Cl)s2)CCCC12CCOCC2. The molecule has 17 heavy (non-hydrogen) atoms. The van der Waals surface area contributed by atoms with E-state index in [0.29, 0.717) is 0 Å². The zero-order valence-electron chi connectivity index (χ0n) is 9.75. The van der Waals surface area contributed by atoms with Crippen LogP contribution in [0.25, 0.3) is 0 Å². The molecule has 0 bridgehead atoms. The van der Waals surface area contributed by atoms with Crippen molar-refractivity contribution in [3.8, 4) is 0 Å². The van der Waals surface area contributed by atoms with Gasteiger partial charge in [0.1, 0.15) is 5.60 Å². The first-order valence-corrected chi connectivity index (χ1v) is 7.42. The van der Waals surface area contributed by atoms with Crippen LogP contribution in [-0.2, 0) is 10.3 Å². The Kier molecular flexibility index (Phi) is 2.98. The van der Waals surface area contributed by atoms with Crippen LogP contribution in [0, 0.1) is 5.41 Å². The molecular weight excluding hydrogens is 256 g/mol. The molecular formula is C13H17ClO2S. The average molecular weight is 273 g/mol. The van der Waals surface area contributed by atoms with Crippen molar-refractivity contribution in [2.24, 2.45) is 5.41 Å². The van der Waals surface area contributed by atoms with Gasteiger partial charge in [-0.3, -0.25) is 0 Å². The summed E-state index contributed by atoms with van der Waals surface area (Å²) < 4.78 is 6.22. The summed E-state index contributed by atoms with van der Waals surface area (Å²) in [4.78, 5) is 1.04. The summed E-state index contributed by atoms with van der Waals surface area (Å²) >= 11 is 7.54. The molecule has 1 unspecified atom stereocenters. The van der Waals surface area contributed by atoms with E-state index in [1.807, 2.05) is 12.1 Å². The minimum absolute atomic E-state index is 0.0272. The maximum absolute atomic E-state index is 11.1. The largest absolute Gasteiger partial charge is 0.384 e. The van der Waals surface area contributed by atoms with Crippen molar-refractivity contribution in [3.05, 3.63) is 21.3 Å². The number of ether oxygens (including phenoxy) is 1. The van der Waals surface area contributed by atoms with Gasteiger partial charge in [-0.25, -0.2) is 0 Å². The van der Waals surface area contributed by atoms with Gasteiger partial charge in [0, 0.05) is 23.5 Å². The monoisotopic (exact) mass is 272 g/mol. The third kappa shape index (κ3) is 1.75. The van der Waals surface area contributed by atoms with Gasteiger partial charge in [0.05, 0.1) is 4.34 Å². The molecule has 1 aromatic heterocycles. The van der Waals surface area contributed by atoms with E-state index in [4.69, 9.17) is 16.3 Å². The van der Waals surface area contributed by atoms with E-state index in [0.717, 1.165) is 54.5 Å². The van der Waals surface area contributed by atoms with Crippen molar-refractivity contribution < 1.29 is 9.84 Å². The number of rotatable bonds is 1. The smallest absolute Gasteiger partial charge is 0.105 e. The summed E-state index contributed by atoms with van der Waals surface area (Å²) in [5, 5.41) is 11.1. The molecule has 0 amide bonds. The van der Waals surface area contributed by atoms with Gasteiger partial charge in [0.2, 0.25) is 0 Å². The molecule has 2 nitrogen and oxygen atoms in total. The van der Waals surface area contributed by atoms with E-state index in [2.05, 4.69) is 0 Å². The minimum Gasteiger partial charge on any atom is -0.384 e. The second-order valence-corrected chi connectivity index (χ2v) is 6.93. The molecule has 1 spiro atoms. The summed E-state index contributed by atoms with van der Waals surface area (Å²) in [5.74, 6) is 0. The highest BCUT2D eigenvalue weighted by Gasteiger charge is 2.55. The van der Waals surface area contributed by atoms with E-state index < -0.39 is 5.60 Å². The van der Waals surface area contributed by atoms with Crippen molar-refractivity contribution in [3.63, 3.8) is 0 Å². The number of hydrogen-bond acceptors (Lipinski definition) is 3. The van der Waals surface area contributed by atoms with Gasteiger partial charge < -0.3 is 9.84 Å². The van der Waals surface area contributed by atoms with Gasteiger partial charge in [-0.1, -0.05) is 11.6 Å². The molecule has 2 fully saturated rings. The Balaban J connectivity index is 1.99. The van der Waals surface area contributed by atoms with Crippen molar-refractivity contribution in [1.29, 1.82) is 0 Å². The Morgan fingerprint density at radius 2 is 1.94 bits per heavy atom. The Morgan fingerprint density at radius 3 is 2.59 bits per heavy atom. The number of hydrogen-bond donors (Lipinski definition) is 1. The lowest BCUT2D eigenvalue weighted by molar-refractivity contribution is -0.117. The fraction of sp³-hybridized carbons (Fsp3) is 0.692. The lowest BCUT2D eigenvalue weighted by atomic mass is 9.68. The third-order valence-corrected chi connectivity index (χ3v) is 5.88. The van der Waals surface area contributed by atoms with Crippen molar-refractivity contribution in [2.45, 2.75) is 37.7 Å². The van der Waals surface area contributed by atoms with Crippen LogP contribution >= 0.6 is 22.9 Å². The molecule has 2 aliphatic rings. The zero-order chi connectivity index (χ0) is 11.9. The zero-order valence-corrected chi connectivity index (χ0v) is 11.3. The minimum atomic E-state index is -0.672. The molecule has 1 saturated heterocycles. The summed E-state index contributed by atoms with van der Waals surface area (Å²) in [6, 6.07) is 3.89. The molecule has 94 valence electrons. The predicted molar refractivity (Wildman–Crippen MR) is 69.6 cm³/mol. The van der Waals surface area contributed by atoms with Gasteiger partial charge >= 0.3 is 0 Å². The molecule has 4 heteroatoms. The fourth-order valence-corrected chi connectivity index (χ4v) is 4.78. The van der Waals surface area contributed by atoms with Gasteiger partial charge in [0.15, 0.2) is 0 Å². The second kappa shape index (κ2) is 4.23. The van der Waals surface area contributed by atoms with Crippen LogP contribution in [0.5, 0.6) is 0 Å². The van der Waals surface area contributed by atoms with Crippen LogP contribution in [0.15, 0.2) is 12.1 Å². The molecule has 1 aliphatic carbocycles. The number of thiophene rings is 1. The van der Waals surface area contributed by atoms with Crippen LogP contribution in [0.3, 0.4) is 0 Å². The summed E-state index contributed by atoms with van der Waals surface area (Å²) in [5.41, 5.74) is -0.645. The van der Waals surface area contributed by atoms with Crippen molar-refractivity contribution in [1.82, 2.24) is 0 Å². The van der Waals surface area contributed by atoms with E-state index in [1.54, 1.807) is 0 Å². The first-order valence-electron chi connectivity index (χ1n) is 6.22. The van der Waals surface area contributed by atoms with Gasteiger partial charge in [-0.15, -0.1) is 11.3 Å². The van der Waals surface area contributed by atoms with E-state index >= 15 is 0 Å². The Hall–Kier alpha value is -0.0900. The van der Waals surface area contributed by atoms with Gasteiger partial charge in [-0.05, 0) is 44.2 Å². The quantitative estimate of drug-likeness (QED) is 0.847. The second-order valence-electron chi connectivity index (χ2n) is 5.21. The van der Waals surface area contributed by atoms with E-state index in [1.165, 1.54) is 11.3 Å². The van der Waals surface area contributed by atoms with Crippen molar-refractivity contribution in [2.75, 3.05) is 13.2 Å². The Bertz CT molecular complexity index is 411. The molecule has 1 atom stereocenters. The first-order chi connectivity index (χ1) is 8.16. The maximum atomic E-state index is 11.1. The highest BCUT2D eigenvalue weighted by atomic mass is 35.5. The lowest BCUT2D eigenvalue weighted by Gasteiger charge is -2.44. The maximum Gasteiger partial charge on any atom is 0.105 e.